The van der Waals surface area contributed by atoms with Crippen molar-refractivity contribution in [2.75, 3.05) is 0 Å². The van der Waals surface area contributed by atoms with E-state index in [1.807, 2.05) is 0 Å². The number of aromatic nitrogens is 1. The van der Waals surface area contributed by atoms with Gasteiger partial charge in [-0.15, -0.1) is 0 Å². The van der Waals surface area contributed by atoms with Gasteiger partial charge in [-0.1, -0.05) is 12.1 Å². The SMILES string of the molecule is N=C(N)c1c(-c2cncc(F)c2)cccc1S(N)(=O)=O.NN. The Morgan fingerprint density at radius 3 is 2.36 bits per heavy atom. The topological polar surface area (TPSA) is 175 Å². The summed E-state index contributed by atoms with van der Waals surface area (Å²) in [5.74, 6) is 6.94. The van der Waals surface area contributed by atoms with E-state index < -0.39 is 21.7 Å². The number of primary sulfonamides is 1. The van der Waals surface area contributed by atoms with Crippen LogP contribution in [0.1, 0.15) is 5.56 Å². The number of nitrogen functional groups attached to an aromatic ring is 1. The molecule has 0 radical (unpaired) electrons. The third kappa shape index (κ3) is 3.83. The number of pyridine rings is 1. The Morgan fingerprint density at radius 1 is 1.23 bits per heavy atom. The highest BCUT2D eigenvalue weighted by atomic mass is 32.2. The van der Waals surface area contributed by atoms with Gasteiger partial charge in [-0.3, -0.25) is 22.1 Å². The van der Waals surface area contributed by atoms with Crippen molar-refractivity contribution < 1.29 is 12.8 Å². The number of benzene rings is 1. The molecule has 0 aliphatic carbocycles. The maximum Gasteiger partial charge on any atom is 0.238 e. The number of nitrogens with two attached hydrogens (primary N) is 4. The van der Waals surface area contributed by atoms with Gasteiger partial charge in [0.2, 0.25) is 10.0 Å². The summed E-state index contributed by atoms with van der Waals surface area (Å²) < 4.78 is 36.3. The lowest BCUT2D eigenvalue weighted by molar-refractivity contribution is 0.597. The molecular weight excluding hydrogens is 311 g/mol. The van der Waals surface area contributed by atoms with E-state index in [1.54, 1.807) is 0 Å². The van der Waals surface area contributed by atoms with E-state index >= 15 is 0 Å². The molecular formula is C12H15FN6O2S. The summed E-state index contributed by atoms with van der Waals surface area (Å²) in [5.41, 5.74) is 5.95. The van der Waals surface area contributed by atoms with Crippen LogP contribution in [0.5, 0.6) is 0 Å². The lowest BCUT2D eigenvalue weighted by Crippen LogP contribution is -2.21. The van der Waals surface area contributed by atoms with Gasteiger partial charge in [0.1, 0.15) is 11.7 Å². The minimum absolute atomic E-state index is 0.0672. The molecule has 0 atom stereocenters. The van der Waals surface area contributed by atoms with Gasteiger partial charge in [-0.25, -0.2) is 17.9 Å². The van der Waals surface area contributed by atoms with Gasteiger partial charge in [0.05, 0.1) is 11.1 Å². The second-order valence-corrected chi connectivity index (χ2v) is 5.56. The van der Waals surface area contributed by atoms with Gasteiger partial charge < -0.3 is 5.73 Å². The molecule has 2 aromatic rings. The largest absolute Gasteiger partial charge is 0.384 e. The van der Waals surface area contributed by atoms with Crippen molar-refractivity contribution in [3.8, 4) is 11.1 Å². The van der Waals surface area contributed by atoms with Crippen LogP contribution in [0, 0.1) is 11.2 Å². The van der Waals surface area contributed by atoms with Crippen LogP contribution in [0.15, 0.2) is 41.6 Å². The number of halogens is 1. The van der Waals surface area contributed by atoms with E-state index in [1.165, 1.54) is 30.5 Å². The van der Waals surface area contributed by atoms with Crippen molar-refractivity contribution in [3.05, 3.63) is 48.0 Å². The van der Waals surface area contributed by atoms with E-state index in [9.17, 15) is 12.8 Å². The zero-order valence-electron chi connectivity index (χ0n) is 11.3. The van der Waals surface area contributed by atoms with Crippen molar-refractivity contribution in [1.82, 2.24) is 4.98 Å². The first-order chi connectivity index (χ1) is 10.3. The minimum atomic E-state index is -4.05. The highest BCUT2D eigenvalue weighted by molar-refractivity contribution is 7.89. The summed E-state index contributed by atoms with van der Waals surface area (Å²) in [5, 5.41) is 12.6. The van der Waals surface area contributed by atoms with E-state index in [0.717, 1.165) is 6.20 Å². The number of amidine groups is 1. The lowest BCUT2D eigenvalue weighted by atomic mass is 10.0. The zero-order valence-corrected chi connectivity index (χ0v) is 12.1. The molecule has 2 rings (SSSR count). The fourth-order valence-electron chi connectivity index (χ4n) is 1.85. The normalized spacial score (nSPS) is 10.5. The van der Waals surface area contributed by atoms with E-state index in [-0.39, 0.29) is 16.0 Å². The van der Waals surface area contributed by atoms with Crippen LogP contribution >= 0.6 is 0 Å². The predicted molar refractivity (Wildman–Crippen MR) is 80.4 cm³/mol. The molecule has 0 unspecified atom stereocenters. The first-order valence-electron chi connectivity index (χ1n) is 5.75. The number of hydrazine groups is 1. The van der Waals surface area contributed by atoms with Crippen LogP contribution in [0.3, 0.4) is 0 Å². The maximum atomic E-state index is 13.2. The molecule has 0 aliphatic rings. The van der Waals surface area contributed by atoms with Gasteiger partial charge in [0, 0.05) is 17.3 Å². The molecule has 10 heteroatoms. The molecule has 0 saturated carbocycles. The zero-order chi connectivity index (χ0) is 16.9. The average Bonchev–Trinajstić information content (AvgIpc) is 2.47. The Balaban J connectivity index is 0.00000116. The van der Waals surface area contributed by atoms with Crippen molar-refractivity contribution >= 4 is 15.9 Å². The molecule has 1 aromatic heterocycles. The fourth-order valence-corrected chi connectivity index (χ4v) is 2.62. The lowest BCUT2D eigenvalue weighted by Gasteiger charge is -2.12. The fraction of sp³-hybridized carbons (Fsp3) is 0. The standard InChI is InChI=1S/C12H11FN4O2S.H4N2/c13-8-4-7(5-17-6-8)9-2-1-3-10(20(16,18)19)11(9)12(14)15;1-2/h1-6H,(H3,14,15)(H2,16,18,19);1-2H2. The summed E-state index contributed by atoms with van der Waals surface area (Å²) >= 11 is 0. The molecule has 0 fully saturated rings. The summed E-state index contributed by atoms with van der Waals surface area (Å²) in [7, 11) is -4.05. The first kappa shape index (κ1) is 17.7. The Kier molecular flexibility index (Phi) is 5.65. The molecule has 8 nitrogen and oxygen atoms in total. The van der Waals surface area contributed by atoms with Crippen LogP contribution in [0.4, 0.5) is 4.39 Å². The van der Waals surface area contributed by atoms with Crippen molar-refractivity contribution in [2.24, 2.45) is 22.6 Å². The molecule has 0 spiro atoms. The molecule has 0 saturated heterocycles. The second-order valence-electron chi connectivity index (χ2n) is 4.03. The van der Waals surface area contributed by atoms with Gasteiger partial charge in [-0.2, -0.15) is 0 Å². The monoisotopic (exact) mass is 326 g/mol. The average molecular weight is 326 g/mol. The summed E-state index contributed by atoms with van der Waals surface area (Å²) in [6.07, 6.45) is 2.36. The molecule has 0 aliphatic heterocycles. The quantitative estimate of drug-likeness (QED) is 0.222. The number of nitrogens with zero attached hydrogens (tertiary/aromatic N) is 1. The maximum absolute atomic E-state index is 13.2. The molecule has 118 valence electrons. The number of nitrogens with one attached hydrogen (secondary N) is 1. The number of hydrogen-bond donors (Lipinski definition) is 5. The van der Waals surface area contributed by atoms with Crippen molar-refractivity contribution in [2.45, 2.75) is 4.90 Å². The Hall–Kier alpha value is -2.40. The van der Waals surface area contributed by atoms with Crippen molar-refractivity contribution in [1.29, 1.82) is 5.41 Å². The molecule has 0 amide bonds. The first-order valence-corrected chi connectivity index (χ1v) is 7.30. The van der Waals surface area contributed by atoms with E-state index in [0.29, 0.717) is 5.56 Å². The highest BCUT2D eigenvalue weighted by Crippen LogP contribution is 2.27. The summed E-state index contributed by atoms with van der Waals surface area (Å²) in [6.45, 7) is 0. The van der Waals surface area contributed by atoms with Gasteiger partial charge in [-0.05, 0) is 17.7 Å². The second kappa shape index (κ2) is 7.04. The van der Waals surface area contributed by atoms with Crippen molar-refractivity contribution in [3.63, 3.8) is 0 Å². The molecule has 1 heterocycles. The van der Waals surface area contributed by atoms with E-state index in [4.69, 9.17) is 16.3 Å². The molecule has 0 bridgehead atoms. The third-order valence-electron chi connectivity index (χ3n) is 2.62. The number of hydrogen-bond acceptors (Lipinski definition) is 6. The Morgan fingerprint density at radius 2 is 1.86 bits per heavy atom. The third-order valence-corrected chi connectivity index (χ3v) is 3.57. The van der Waals surface area contributed by atoms with Gasteiger partial charge in [0.25, 0.3) is 0 Å². The molecule has 1 aromatic carbocycles. The minimum Gasteiger partial charge on any atom is -0.384 e. The van der Waals surface area contributed by atoms with E-state index in [2.05, 4.69) is 16.7 Å². The van der Waals surface area contributed by atoms with Gasteiger partial charge >= 0.3 is 0 Å². The Bertz CT molecular complexity index is 794. The highest BCUT2D eigenvalue weighted by Gasteiger charge is 2.20. The summed E-state index contributed by atoms with van der Waals surface area (Å²) in [4.78, 5) is 3.40. The predicted octanol–water partition coefficient (Wildman–Crippen LogP) is -0.362. The number of rotatable bonds is 3. The van der Waals surface area contributed by atoms with Crippen LogP contribution in [0.2, 0.25) is 0 Å². The smallest absolute Gasteiger partial charge is 0.238 e. The van der Waals surface area contributed by atoms with Crippen LogP contribution in [-0.2, 0) is 10.0 Å². The molecule has 9 N–H and O–H groups in total. The Labute approximate surface area is 126 Å². The van der Waals surface area contributed by atoms with Crippen LogP contribution in [0.25, 0.3) is 11.1 Å². The van der Waals surface area contributed by atoms with Crippen LogP contribution < -0.4 is 22.6 Å². The van der Waals surface area contributed by atoms with Gasteiger partial charge in [0.15, 0.2) is 0 Å². The summed E-state index contributed by atoms with van der Waals surface area (Å²) in [6, 6.07) is 5.36. The van der Waals surface area contributed by atoms with Crippen LogP contribution in [-0.4, -0.2) is 19.2 Å². The molecule has 22 heavy (non-hydrogen) atoms. The number of sulfonamides is 1.